The Morgan fingerprint density at radius 2 is 2.22 bits per heavy atom. The maximum atomic E-state index is 11.0. The number of piperidine rings is 1. The molecule has 2 heteroatoms. The van der Waals surface area contributed by atoms with Gasteiger partial charge in [-0.2, -0.15) is 0 Å². The number of fused-ring (bicyclic) bond motifs is 2. The fourth-order valence-electron chi connectivity index (χ4n) is 1.79. The van der Waals surface area contributed by atoms with Crippen molar-refractivity contribution < 1.29 is 4.79 Å². The highest BCUT2D eigenvalue weighted by Crippen LogP contribution is 2.23. The maximum absolute atomic E-state index is 11.0. The zero-order valence-corrected chi connectivity index (χ0v) is 5.39. The molecule has 2 rings (SSSR count). The van der Waals surface area contributed by atoms with Crippen molar-refractivity contribution in [1.29, 1.82) is 0 Å². The molecule has 0 amide bonds. The second-order valence-electron chi connectivity index (χ2n) is 3.00. The molecule has 50 valence electrons. The highest BCUT2D eigenvalue weighted by molar-refractivity contribution is 5.85. The summed E-state index contributed by atoms with van der Waals surface area (Å²) in [4.78, 5) is 11.0. The van der Waals surface area contributed by atoms with Crippen molar-refractivity contribution in [3.63, 3.8) is 0 Å². The van der Waals surface area contributed by atoms with Gasteiger partial charge >= 0.3 is 0 Å². The smallest absolute Gasteiger partial charge is 0.149 e. The number of carbonyl (C=O) groups excluding carboxylic acids is 1. The topological polar surface area (TPSA) is 29.1 Å². The second kappa shape index (κ2) is 1.81. The molecule has 9 heavy (non-hydrogen) atoms. The Morgan fingerprint density at radius 3 is 3.00 bits per heavy atom. The van der Waals surface area contributed by atoms with Crippen LogP contribution in [0.3, 0.4) is 0 Å². The van der Waals surface area contributed by atoms with E-state index in [0.29, 0.717) is 11.8 Å². The number of nitrogens with one attached hydrogen (secondary N) is 1. The molecule has 2 bridgehead atoms. The van der Waals surface area contributed by atoms with Crippen LogP contribution >= 0.6 is 0 Å². The molecule has 2 aliphatic rings. The third kappa shape index (κ3) is 0.778. The third-order valence-corrected chi connectivity index (χ3v) is 2.37. The molecule has 2 saturated heterocycles. The number of hydrogen-bond acceptors (Lipinski definition) is 2. The number of ketones is 1. The average molecular weight is 125 g/mol. The SMILES string of the molecule is O=C1CC[C@H]2CC[C@@H]1N2. The maximum Gasteiger partial charge on any atom is 0.149 e. The monoisotopic (exact) mass is 125 g/mol. The van der Waals surface area contributed by atoms with Gasteiger partial charge in [0.15, 0.2) is 0 Å². The summed E-state index contributed by atoms with van der Waals surface area (Å²) in [5.74, 6) is 0.434. The van der Waals surface area contributed by atoms with Crippen molar-refractivity contribution in [2.24, 2.45) is 0 Å². The van der Waals surface area contributed by atoms with E-state index in [1.165, 1.54) is 6.42 Å². The van der Waals surface area contributed by atoms with E-state index in [-0.39, 0.29) is 6.04 Å². The van der Waals surface area contributed by atoms with Crippen molar-refractivity contribution in [1.82, 2.24) is 5.32 Å². The van der Waals surface area contributed by atoms with Gasteiger partial charge in [0.25, 0.3) is 0 Å². The standard InChI is InChI=1S/C7H11NO/c9-7-4-2-5-1-3-6(7)8-5/h5-6,8H,1-4H2/t5-,6+/m1/s1. The van der Waals surface area contributed by atoms with Gasteiger partial charge in [-0.3, -0.25) is 4.79 Å². The van der Waals surface area contributed by atoms with Crippen LogP contribution in [0.1, 0.15) is 25.7 Å². The van der Waals surface area contributed by atoms with Gasteiger partial charge in [0.2, 0.25) is 0 Å². The summed E-state index contributed by atoms with van der Waals surface area (Å²) in [5, 5.41) is 3.29. The lowest BCUT2D eigenvalue weighted by atomic mass is 10.1. The summed E-state index contributed by atoms with van der Waals surface area (Å²) in [6.45, 7) is 0. The van der Waals surface area contributed by atoms with Crippen LogP contribution < -0.4 is 5.32 Å². The first-order valence-electron chi connectivity index (χ1n) is 3.65. The van der Waals surface area contributed by atoms with Gasteiger partial charge in [-0.1, -0.05) is 0 Å². The van der Waals surface area contributed by atoms with Crippen molar-refractivity contribution in [3.05, 3.63) is 0 Å². The van der Waals surface area contributed by atoms with E-state index in [4.69, 9.17) is 0 Å². The minimum atomic E-state index is 0.240. The summed E-state index contributed by atoms with van der Waals surface area (Å²) in [5.41, 5.74) is 0. The molecule has 0 unspecified atom stereocenters. The summed E-state index contributed by atoms with van der Waals surface area (Å²) >= 11 is 0. The van der Waals surface area contributed by atoms with Crippen LogP contribution in [0.2, 0.25) is 0 Å². The van der Waals surface area contributed by atoms with E-state index in [2.05, 4.69) is 5.32 Å². The second-order valence-corrected chi connectivity index (χ2v) is 3.00. The Balaban J connectivity index is 2.14. The highest BCUT2D eigenvalue weighted by atomic mass is 16.1. The lowest BCUT2D eigenvalue weighted by Gasteiger charge is -2.18. The largest absolute Gasteiger partial charge is 0.305 e. The Hall–Kier alpha value is -0.370. The van der Waals surface area contributed by atoms with Gasteiger partial charge in [0, 0.05) is 12.5 Å². The van der Waals surface area contributed by atoms with E-state index in [1.54, 1.807) is 0 Å². The Labute approximate surface area is 54.6 Å². The molecule has 0 saturated carbocycles. The molecule has 2 aliphatic heterocycles. The third-order valence-electron chi connectivity index (χ3n) is 2.37. The Kier molecular flexibility index (Phi) is 1.09. The molecule has 2 heterocycles. The molecule has 0 aliphatic carbocycles. The van der Waals surface area contributed by atoms with Gasteiger partial charge in [-0.05, 0) is 19.3 Å². The van der Waals surface area contributed by atoms with E-state index in [1.807, 2.05) is 0 Å². The lowest BCUT2D eigenvalue weighted by Crippen LogP contribution is -2.40. The predicted molar refractivity (Wildman–Crippen MR) is 34.2 cm³/mol. The Bertz CT molecular complexity index is 144. The van der Waals surface area contributed by atoms with Crippen LogP contribution in [0, 0.1) is 0 Å². The first-order valence-corrected chi connectivity index (χ1v) is 3.65. The number of hydrogen-bond donors (Lipinski definition) is 1. The quantitative estimate of drug-likeness (QED) is 0.510. The number of rotatable bonds is 0. The van der Waals surface area contributed by atoms with E-state index < -0.39 is 0 Å². The van der Waals surface area contributed by atoms with Gasteiger partial charge < -0.3 is 5.32 Å². The average Bonchev–Trinajstić information content (AvgIpc) is 2.25. The van der Waals surface area contributed by atoms with Crippen LogP contribution in [-0.4, -0.2) is 17.9 Å². The molecule has 2 nitrogen and oxygen atoms in total. The van der Waals surface area contributed by atoms with Crippen molar-refractivity contribution >= 4 is 5.78 Å². The molecule has 0 aromatic rings. The van der Waals surface area contributed by atoms with Crippen LogP contribution in [-0.2, 0) is 4.79 Å². The van der Waals surface area contributed by atoms with Crippen LogP contribution in [0.5, 0.6) is 0 Å². The summed E-state index contributed by atoms with van der Waals surface area (Å²) < 4.78 is 0. The van der Waals surface area contributed by atoms with E-state index >= 15 is 0 Å². The number of carbonyl (C=O) groups is 1. The summed E-state index contributed by atoms with van der Waals surface area (Å²) in [7, 11) is 0. The normalized spacial score (nSPS) is 41.6. The predicted octanol–water partition coefficient (Wildman–Crippen LogP) is 0.470. The van der Waals surface area contributed by atoms with Crippen molar-refractivity contribution in [3.8, 4) is 0 Å². The van der Waals surface area contributed by atoms with Crippen molar-refractivity contribution in [2.45, 2.75) is 37.8 Å². The Morgan fingerprint density at radius 1 is 1.33 bits per heavy atom. The molecular weight excluding hydrogens is 114 g/mol. The molecule has 1 N–H and O–H groups in total. The van der Waals surface area contributed by atoms with Crippen LogP contribution in [0.4, 0.5) is 0 Å². The molecule has 2 atom stereocenters. The molecule has 0 aromatic carbocycles. The zero-order valence-electron chi connectivity index (χ0n) is 5.39. The summed E-state index contributed by atoms with van der Waals surface area (Å²) in [6.07, 6.45) is 4.21. The van der Waals surface area contributed by atoms with Crippen LogP contribution in [0.15, 0.2) is 0 Å². The first kappa shape index (κ1) is 5.42. The first-order chi connectivity index (χ1) is 4.36. The minimum Gasteiger partial charge on any atom is -0.305 e. The van der Waals surface area contributed by atoms with Crippen LogP contribution in [0.25, 0.3) is 0 Å². The highest BCUT2D eigenvalue weighted by Gasteiger charge is 2.33. The lowest BCUT2D eigenvalue weighted by molar-refractivity contribution is -0.121. The summed E-state index contributed by atoms with van der Waals surface area (Å²) in [6, 6.07) is 0.913. The zero-order chi connectivity index (χ0) is 6.27. The number of Topliss-reactive ketones (excluding diaryl/α,β-unsaturated/α-hetero) is 1. The molecular formula is C7H11NO. The molecule has 0 aromatic heterocycles. The molecule has 0 spiro atoms. The van der Waals surface area contributed by atoms with E-state index in [9.17, 15) is 4.79 Å². The minimum absolute atomic E-state index is 0.240. The fourth-order valence-corrected chi connectivity index (χ4v) is 1.79. The van der Waals surface area contributed by atoms with E-state index in [0.717, 1.165) is 19.3 Å². The van der Waals surface area contributed by atoms with Gasteiger partial charge in [0.1, 0.15) is 5.78 Å². The van der Waals surface area contributed by atoms with Gasteiger partial charge in [-0.25, -0.2) is 0 Å². The molecule has 2 fully saturated rings. The van der Waals surface area contributed by atoms with Gasteiger partial charge in [0.05, 0.1) is 6.04 Å². The fraction of sp³-hybridized carbons (Fsp3) is 0.857. The molecule has 0 radical (unpaired) electrons. The van der Waals surface area contributed by atoms with Crippen molar-refractivity contribution in [2.75, 3.05) is 0 Å². The van der Waals surface area contributed by atoms with Gasteiger partial charge in [-0.15, -0.1) is 0 Å².